The van der Waals surface area contributed by atoms with Crippen molar-refractivity contribution in [3.05, 3.63) is 262 Å². The molecule has 0 spiro atoms. The molecule has 0 aliphatic rings. The van der Waals surface area contributed by atoms with Crippen LogP contribution in [0.25, 0.3) is 0 Å². The average Bonchev–Trinajstić information content (AvgIpc) is 3.25. The molecule has 3 heteroatoms. The summed E-state index contributed by atoms with van der Waals surface area (Å²) >= 11 is 0. The van der Waals surface area contributed by atoms with Gasteiger partial charge in [0.25, 0.3) is 0 Å². The van der Waals surface area contributed by atoms with Gasteiger partial charge in [0.15, 0.2) is 0 Å². The largest absolute Gasteiger partial charge is 2.00 e. The predicted octanol–water partition coefficient (Wildman–Crippen LogP) is 9.85. The molecule has 0 N–H and O–H groups in total. The molecule has 8 aromatic carbocycles. The zero-order chi connectivity index (χ0) is 34.9. The van der Waals surface area contributed by atoms with Crippen molar-refractivity contribution < 1.29 is 0 Å². The smallest absolute Gasteiger partial charge is 0.358 e. The average molecular weight is 731 g/mol. The van der Waals surface area contributed by atoms with Crippen LogP contribution in [-0.4, -0.2) is 28.2 Å². The second-order valence-electron chi connectivity index (χ2n) is 11.7. The Bertz CT molecular complexity index is 1830. The van der Waals surface area contributed by atoms with Gasteiger partial charge in [0.2, 0.25) is 0 Å². The summed E-state index contributed by atoms with van der Waals surface area (Å²) in [6.45, 7) is -4.82. The zero-order valence-corrected chi connectivity index (χ0v) is 33.5. The monoisotopic (exact) mass is 730 g/mol. The molecule has 0 fully saturated rings. The Balaban J connectivity index is 0.000000381. The van der Waals surface area contributed by atoms with Crippen molar-refractivity contribution in [3.8, 4) is 0 Å². The van der Waals surface area contributed by atoms with Crippen LogP contribution in [0.15, 0.2) is 249 Å². The van der Waals surface area contributed by atoms with Crippen LogP contribution in [-0.2, 0) is 0 Å². The van der Waals surface area contributed by atoms with Gasteiger partial charge >= 0.3 is 23.1 Å². The summed E-state index contributed by atoms with van der Waals surface area (Å²) in [5, 5.41) is 12.2. The minimum absolute atomic E-state index is 0. The first-order valence-corrected chi connectivity index (χ1v) is 20.7. The first-order chi connectivity index (χ1) is 25.3. The van der Waals surface area contributed by atoms with Crippen molar-refractivity contribution >= 4 is 73.8 Å². The van der Waals surface area contributed by atoms with Gasteiger partial charge in [0, 0.05) is 6.89 Å². The van der Waals surface area contributed by atoms with E-state index < -0.39 is 13.8 Å². The molecule has 0 amide bonds. The van der Waals surface area contributed by atoms with E-state index in [4.69, 9.17) is 0 Å². The Morgan fingerprint density at radius 2 is 0.509 bits per heavy atom. The van der Waals surface area contributed by atoms with Crippen molar-refractivity contribution in [2.45, 2.75) is 0 Å². The summed E-state index contributed by atoms with van der Waals surface area (Å²) in [7, 11) is 0. The van der Waals surface area contributed by atoms with E-state index in [1.54, 1.807) is 0 Å². The second kappa shape index (κ2) is 21.6. The summed E-state index contributed by atoms with van der Waals surface area (Å²) in [6, 6.07) is 91.2. The van der Waals surface area contributed by atoms with Crippen molar-refractivity contribution in [2.75, 3.05) is 0 Å². The van der Waals surface area contributed by atoms with Crippen LogP contribution in [0.2, 0.25) is 0 Å². The SMILES string of the molecule is C(=P(c1[c-]cccc1)(c1ccccc1)c1ccccc1)=P(c1ccccc1)(c1ccccc1)c1ccccc1.[CH3-].[Mg+2].c1ccccc1.c1ccccc1. The summed E-state index contributed by atoms with van der Waals surface area (Å²) < 4.78 is 0. The summed E-state index contributed by atoms with van der Waals surface area (Å²) in [4.78, 5) is 0. The van der Waals surface area contributed by atoms with Crippen LogP contribution in [0.1, 0.15) is 0 Å². The molecule has 53 heavy (non-hydrogen) atoms. The standard InChI is InChI=1S/C37H29P2.2C6H6.CH3.Mg/c1-7-19-32(20-8-1)38(33-21-9-2-10-22-33,34-23-11-3-12-24-34)31-39(35-25-13-4-14-26-35,36-27-15-5-16-28-36)37-29-17-6-18-30-37;2*1-2-4-6-5-3-1;;/h1-29H;2*1-6H;1H3;/q-1;;;-1;+2. The summed E-state index contributed by atoms with van der Waals surface area (Å²) in [5.41, 5.74) is 0. The first kappa shape index (κ1) is 40.9. The molecule has 0 bridgehead atoms. The quantitative estimate of drug-likeness (QED) is 0.0908. The Kier molecular flexibility index (Phi) is 16.7. The fraction of sp³-hybridized carbons (Fsp3) is 0. The molecule has 0 radical (unpaired) electrons. The number of rotatable bonds is 6. The molecule has 0 atom stereocenters. The van der Waals surface area contributed by atoms with Crippen LogP contribution in [0.5, 0.6) is 0 Å². The number of hydrogen-bond donors (Lipinski definition) is 0. The molecule has 0 unspecified atom stereocenters. The molecule has 0 aromatic heterocycles. The maximum atomic E-state index is 4.57. The number of benzene rings is 8. The Morgan fingerprint density at radius 1 is 0.283 bits per heavy atom. The first-order valence-electron chi connectivity index (χ1n) is 17.2. The third-order valence-corrected chi connectivity index (χ3v) is 17.2. The van der Waals surface area contributed by atoms with Crippen molar-refractivity contribution in [1.82, 2.24) is 0 Å². The summed E-state index contributed by atoms with van der Waals surface area (Å²) in [5.74, 6) is 0. The normalized spacial score (nSPS) is 10.3. The third-order valence-electron chi connectivity index (χ3n) is 8.40. The molecular formula is C50H44MgP2. The van der Waals surface area contributed by atoms with Gasteiger partial charge < -0.3 is 7.43 Å². The van der Waals surface area contributed by atoms with Gasteiger partial charge in [-0.2, -0.15) is 30.3 Å². The van der Waals surface area contributed by atoms with E-state index in [1.807, 2.05) is 78.9 Å². The van der Waals surface area contributed by atoms with Gasteiger partial charge in [0.1, 0.15) is 0 Å². The van der Waals surface area contributed by atoms with Crippen LogP contribution in [0, 0.1) is 13.5 Å². The molecule has 0 saturated heterocycles. The maximum absolute atomic E-state index is 4.57. The molecule has 0 heterocycles. The van der Waals surface area contributed by atoms with Crippen LogP contribution < -0.4 is 31.8 Å². The molecule has 8 rings (SSSR count). The molecule has 0 saturated carbocycles. The van der Waals surface area contributed by atoms with E-state index >= 15 is 0 Å². The third kappa shape index (κ3) is 10.2. The van der Waals surface area contributed by atoms with E-state index in [9.17, 15) is 0 Å². The second-order valence-corrected chi connectivity index (χ2v) is 18.2. The van der Waals surface area contributed by atoms with E-state index in [2.05, 4.69) is 181 Å². The molecule has 8 aromatic rings. The maximum Gasteiger partial charge on any atom is 2.00 e. The Labute approximate surface area is 334 Å². The summed E-state index contributed by atoms with van der Waals surface area (Å²) in [6.07, 6.45) is 0. The minimum Gasteiger partial charge on any atom is -0.358 e. The van der Waals surface area contributed by atoms with E-state index in [0.717, 1.165) is 0 Å². The van der Waals surface area contributed by atoms with Gasteiger partial charge in [-0.3, -0.25) is 0 Å². The Hall–Kier alpha value is -4.83. The van der Waals surface area contributed by atoms with Gasteiger partial charge in [-0.1, -0.05) is 224 Å². The van der Waals surface area contributed by atoms with Crippen LogP contribution >= 0.6 is 13.8 Å². The molecule has 0 aliphatic carbocycles. The molecular weight excluding hydrogens is 687 g/mol. The van der Waals surface area contributed by atoms with E-state index in [0.29, 0.717) is 0 Å². The number of hydrogen-bond acceptors (Lipinski definition) is 0. The zero-order valence-electron chi connectivity index (χ0n) is 30.3. The van der Waals surface area contributed by atoms with Crippen LogP contribution in [0.4, 0.5) is 0 Å². The minimum atomic E-state index is -2.43. The van der Waals surface area contributed by atoms with E-state index in [-0.39, 0.29) is 30.5 Å². The van der Waals surface area contributed by atoms with Gasteiger partial charge in [-0.15, -0.1) is 10.5 Å². The van der Waals surface area contributed by atoms with Crippen LogP contribution in [0.3, 0.4) is 0 Å². The van der Waals surface area contributed by atoms with Crippen molar-refractivity contribution in [2.24, 2.45) is 0 Å². The van der Waals surface area contributed by atoms with Crippen molar-refractivity contribution in [1.29, 1.82) is 0 Å². The van der Waals surface area contributed by atoms with Crippen molar-refractivity contribution in [3.63, 3.8) is 0 Å². The van der Waals surface area contributed by atoms with Gasteiger partial charge in [0.05, 0.1) is 0 Å². The fourth-order valence-electron chi connectivity index (χ4n) is 6.06. The topological polar surface area (TPSA) is 0 Å². The molecule has 0 aliphatic heterocycles. The fourth-order valence-corrected chi connectivity index (χ4v) is 16.0. The molecule has 0 nitrogen and oxygen atoms in total. The Morgan fingerprint density at radius 3 is 0.755 bits per heavy atom. The van der Waals surface area contributed by atoms with Gasteiger partial charge in [-0.05, 0) is 33.4 Å². The molecule has 256 valence electrons. The predicted molar refractivity (Wildman–Crippen MR) is 239 cm³/mol. The van der Waals surface area contributed by atoms with Gasteiger partial charge in [-0.25, -0.2) is 0 Å². The van der Waals surface area contributed by atoms with E-state index in [1.165, 1.54) is 31.8 Å².